The van der Waals surface area contributed by atoms with E-state index in [1.54, 1.807) is 0 Å². The van der Waals surface area contributed by atoms with E-state index < -0.39 is 0 Å². The molecule has 1 fully saturated rings. The SMILES string of the molecule is Cc1ccc(-c2c(-c3ccc(C#N)cc3)cc3c(C4CCC[C@@H](N)C4)nncn23)cc1. The smallest absolute Gasteiger partial charge is 0.123 e. The molecule has 1 aliphatic rings. The molecule has 1 aliphatic carbocycles. The van der Waals surface area contributed by atoms with Crippen LogP contribution >= 0.6 is 0 Å². The highest BCUT2D eigenvalue weighted by atomic mass is 15.2. The summed E-state index contributed by atoms with van der Waals surface area (Å²) in [5.41, 5.74) is 14.7. The Kier molecular flexibility index (Phi) is 5.01. The number of benzene rings is 2. The van der Waals surface area contributed by atoms with Crippen molar-refractivity contribution in [3.05, 3.63) is 77.7 Å². The molecule has 0 aliphatic heterocycles. The number of fused-ring (bicyclic) bond motifs is 1. The number of nitrogens with zero attached hydrogens (tertiary/aromatic N) is 4. The highest BCUT2D eigenvalue weighted by Crippen LogP contribution is 2.39. The fraction of sp³-hybridized carbons (Fsp3) is 0.269. The minimum Gasteiger partial charge on any atom is -0.328 e. The van der Waals surface area contributed by atoms with Gasteiger partial charge in [0.05, 0.1) is 28.5 Å². The van der Waals surface area contributed by atoms with Crippen molar-refractivity contribution in [2.75, 3.05) is 0 Å². The quantitative estimate of drug-likeness (QED) is 0.504. The van der Waals surface area contributed by atoms with Crippen molar-refractivity contribution in [3.63, 3.8) is 0 Å². The zero-order valence-corrected chi connectivity index (χ0v) is 17.6. The lowest BCUT2D eigenvalue weighted by Crippen LogP contribution is -2.27. The van der Waals surface area contributed by atoms with E-state index in [1.165, 1.54) is 5.56 Å². The van der Waals surface area contributed by atoms with Gasteiger partial charge in [-0.3, -0.25) is 4.40 Å². The fourth-order valence-corrected chi connectivity index (χ4v) is 4.75. The first-order valence-electron chi connectivity index (χ1n) is 10.8. The van der Waals surface area contributed by atoms with Gasteiger partial charge in [-0.2, -0.15) is 10.4 Å². The molecule has 0 amide bonds. The Hall–Kier alpha value is -3.49. The highest BCUT2D eigenvalue weighted by molar-refractivity contribution is 5.87. The maximum Gasteiger partial charge on any atom is 0.123 e. The Balaban J connectivity index is 1.74. The lowest BCUT2D eigenvalue weighted by Gasteiger charge is -2.26. The number of aromatic nitrogens is 3. The molecular weight excluding hydrogens is 382 g/mol. The minimum atomic E-state index is 0.227. The van der Waals surface area contributed by atoms with Crippen molar-refractivity contribution in [2.24, 2.45) is 5.73 Å². The molecule has 0 bridgehead atoms. The minimum absolute atomic E-state index is 0.227. The summed E-state index contributed by atoms with van der Waals surface area (Å²) in [6, 6.07) is 21.0. The molecule has 1 saturated carbocycles. The van der Waals surface area contributed by atoms with Gasteiger partial charge in [-0.05, 0) is 55.5 Å². The lowest BCUT2D eigenvalue weighted by molar-refractivity contribution is 0.387. The van der Waals surface area contributed by atoms with Gasteiger partial charge in [0.25, 0.3) is 0 Å². The van der Waals surface area contributed by atoms with E-state index in [4.69, 9.17) is 5.73 Å². The molecule has 0 saturated heterocycles. The van der Waals surface area contributed by atoms with Crippen LogP contribution in [0.15, 0.2) is 60.9 Å². The van der Waals surface area contributed by atoms with E-state index in [1.807, 2.05) is 30.6 Å². The second-order valence-electron chi connectivity index (χ2n) is 8.56. The molecule has 0 spiro atoms. The largest absolute Gasteiger partial charge is 0.328 e. The Morgan fingerprint density at radius 3 is 2.48 bits per heavy atom. The molecule has 2 aromatic heterocycles. The summed E-state index contributed by atoms with van der Waals surface area (Å²) in [4.78, 5) is 0. The molecule has 2 aromatic carbocycles. The second-order valence-corrected chi connectivity index (χ2v) is 8.56. The number of rotatable bonds is 3. The molecule has 0 radical (unpaired) electrons. The summed E-state index contributed by atoms with van der Waals surface area (Å²) in [7, 11) is 0. The van der Waals surface area contributed by atoms with Crippen LogP contribution in [0.3, 0.4) is 0 Å². The van der Waals surface area contributed by atoms with Crippen LogP contribution in [0.25, 0.3) is 27.9 Å². The van der Waals surface area contributed by atoms with Crippen LogP contribution in [0.5, 0.6) is 0 Å². The van der Waals surface area contributed by atoms with Gasteiger partial charge in [-0.15, -0.1) is 5.10 Å². The maximum atomic E-state index is 9.19. The monoisotopic (exact) mass is 407 g/mol. The second kappa shape index (κ2) is 7.98. The van der Waals surface area contributed by atoms with E-state index >= 15 is 0 Å². The average molecular weight is 408 g/mol. The van der Waals surface area contributed by atoms with Crippen LogP contribution in [-0.2, 0) is 0 Å². The summed E-state index contributed by atoms with van der Waals surface area (Å²) in [6.07, 6.45) is 6.07. The molecule has 5 nitrogen and oxygen atoms in total. The predicted octanol–water partition coefficient (Wildman–Crippen LogP) is 5.23. The van der Waals surface area contributed by atoms with E-state index in [0.29, 0.717) is 11.5 Å². The van der Waals surface area contributed by atoms with E-state index in [-0.39, 0.29) is 6.04 Å². The summed E-state index contributed by atoms with van der Waals surface area (Å²) in [6.45, 7) is 2.09. The van der Waals surface area contributed by atoms with E-state index in [2.05, 4.69) is 57.9 Å². The van der Waals surface area contributed by atoms with Crippen LogP contribution in [0.4, 0.5) is 0 Å². The molecule has 2 heterocycles. The standard InChI is InChI=1S/C26H25N5/c1-17-5-9-20(10-6-17)26-23(19-11-7-18(15-27)8-12-19)14-24-25(30-29-16-31(24)26)21-3-2-4-22(28)13-21/h5-12,14,16,21-22H,2-4,13,28H2,1H3/t21?,22-/m1/s1. The summed E-state index contributed by atoms with van der Waals surface area (Å²) >= 11 is 0. The van der Waals surface area contributed by atoms with Gasteiger partial charge < -0.3 is 5.73 Å². The molecule has 2 atom stereocenters. The third kappa shape index (κ3) is 3.60. The van der Waals surface area contributed by atoms with Crippen LogP contribution < -0.4 is 5.73 Å². The average Bonchev–Trinajstić information content (AvgIpc) is 3.19. The van der Waals surface area contributed by atoms with Crippen LogP contribution in [0.1, 0.15) is 48.4 Å². The van der Waals surface area contributed by atoms with Gasteiger partial charge in [-0.25, -0.2) is 0 Å². The van der Waals surface area contributed by atoms with Gasteiger partial charge in [0.2, 0.25) is 0 Å². The molecule has 154 valence electrons. The fourth-order valence-electron chi connectivity index (χ4n) is 4.75. The summed E-state index contributed by atoms with van der Waals surface area (Å²) in [5.74, 6) is 0.328. The van der Waals surface area contributed by atoms with Gasteiger partial charge in [0, 0.05) is 17.5 Å². The van der Waals surface area contributed by atoms with E-state index in [0.717, 1.165) is 59.3 Å². The van der Waals surface area contributed by atoms with Gasteiger partial charge in [0.15, 0.2) is 0 Å². The summed E-state index contributed by atoms with van der Waals surface area (Å²) < 4.78 is 2.17. The zero-order chi connectivity index (χ0) is 21.4. The van der Waals surface area contributed by atoms with Crippen molar-refractivity contribution in [1.82, 2.24) is 14.6 Å². The Morgan fingerprint density at radius 2 is 1.77 bits per heavy atom. The first-order valence-corrected chi connectivity index (χ1v) is 10.8. The van der Waals surface area contributed by atoms with Gasteiger partial charge >= 0.3 is 0 Å². The topological polar surface area (TPSA) is 80.0 Å². The zero-order valence-electron chi connectivity index (χ0n) is 17.6. The molecule has 4 aromatic rings. The maximum absolute atomic E-state index is 9.19. The summed E-state index contributed by atoms with van der Waals surface area (Å²) in [5, 5.41) is 18.2. The number of nitrogens with two attached hydrogens (primary N) is 1. The molecule has 31 heavy (non-hydrogen) atoms. The van der Waals surface area contributed by atoms with Crippen LogP contribution in [0.2, 0.25) is 0 Å². The van der Waals surface area contributed by atoms with Crippen molar-refractivity contribution in [2.45, 2.75) is 44.6 Å². The normalized spacial score (nSPS) is 18.7. The van der Waals surface area contributed by atoms with Gasteiger partial charge in [-0.1, -0.05) is 48.4 Å². The molecule has 5 rings (SSSR count). The molecule has 5 heteroatoms. The van der Waals surface area contributed by atoms with Crippen molar-refractivity contribution in [1.29, 1.82) is 5.26 Å². The molecule has 1 unspecified atom stereocenters. The predicted molar refractivity (Wildman–Crippen MR) is 122 cm³/mol. The van der Waals surface area contributed by atoms with Crippen LogP contribution in [-0.4, -0.2) is 20.6 Å². The highest BCUT2D eigenvalue weighted by Gasteiger charge is 2.26. The number of hydrogen-bond donors (Lipinski definition) is 1. The van der Waals surface area contributed by atoms with Crippen molar-refractivity contribution < 1.29 is 0 Å². The molecule has 2 N–H and O–H groups in total. The van der Waals surface area contributed by atoms with Crippen molar-refractivity contribution in [3.8, 4) is 28.5 Å². The Bertz CT molecular complexity index is 1260. The number of hydrogen-bond acceptors (Lipinski definition) is 4. The number of nitriles is 1. The first kappa shape index (κ1) is 19.5. The van der Waals surface area contributed by atoms with Gasteiger partial charge in [0.1, 0.15) is 6.33 Å². The number of aryl methyl sites for hydroxylation is 1. The third-order valence-corrected chi connectivity index (χ3v) is 6.38. The van der Waals surface area contributed by atoms with E-state index in [9.17, 15) is 5.26 Å². The van der Waals surface area contributed by atoms with Crippen molar-refractivity contribution >= 4 is 5.52 Å². The lowest BCUT2D eigenvalue weighted by atomic mass is 9.84. The first-order chi connectivity index (χ1) is 15.1. The third-order valence-electron chi connectivity index (χ3n) is 6.38. The van der Waals surface area contributed by atoms with Crippen LogP contribution in [0, 0.1) is 18.3 Å². The Labute approximate surface area is 182 Å². The Morgan fingerprint density at radius 1 is 1.03 bits per heavy atom. The molecular formula is C26H25N5.